The van der Waals surface area contributed by atoms with Gasteiger partial charge in [-0.3, -0.25) is 4.79 Å². The zero-order chi connectivity index (χ0) is 18.2. The Morgan fingerprint density at radius 3 is 2.38 bits per heavy atom. The molecule has 2 atom stereocenters. The van der Waals surface area contributed by atoms with E-state index in [4.69, 9.17) is 5.26 Å². The predicted octanol–water partition coefficient (Wildman–Crippen LogP) is 0.0998. The van der Waals surface area contributed by atoms with Crippen molar-refractivity contribution in [2.45, 2.75) is 19.0 Å². The number of carbonyl (C=O) groups is 2. The molecule has 0 saturated carbocycles. The summed E-state index contributed by atoms with van der Waals surface area (Å²) < 4.78 is 22.9. The predicted molar refractivity (Wildman–Crippen MR) is 88.6 cm³/mol. The van der Waals surface area contributed by atoms with Crippen molar-refractivity contribution in [2.75, 3.05) is 18.6 Å². The Kier molecular flexibility index (Phi) is 7.20. The fraction of sp³-hybridized carbons (Fsp3) is 0.400. The lowest BCUT2D eigenvalue weighted by atomic mass is 10.1. The van der Waals surface area contributed by atoms with Crippen LogP contribution in [0, 0.1) is 11.3 Å². The monoisotopic (exact) mass is 352 g/mol. The van der Waals surface area contributed by atoms with Crippen LogP contribution in [0.5, 0.6) is 0 Å². The molecule has 1 aromatic carbocycles. The minimum atomic E-state index is -3.51. The Labute approximate surface area is 141 Å². The summed E-state index contributed by atoms with van der Waals surface area (Å²) in [4.78, 5) is 23.9. The van der Waals surface area contributed by atoms with Gasteiger partial charge < -0.3 is 16.0 Å². The molecule has 0 bridgehead atoms. The van der Waals surface area contributed by atoms with Gasteiger partial charge in [-0.1, -0.05) is 30.3 Å². The quantitative estimate of drug-likeness (QED) is 0.600. The van der Waals surface area contributed by atoms with Crippen LogP contribution in [0.15, 0.2) is 30.3 Å². The highest BCUT2D eigenvalue weighted by atomic mass is 32.2. The SMILES string of the molecule is C[C@H](NC(=O)NC(CS(C)(=O)=O)C(=O)NCC#N)c1ccccc1. The first-order valence-electron chi connectivity index (χ1n) is 7.17. The molecule has 0 aromatic heterocycles. The molecule has 1 unspecified atom stereocenters. The third-order valence-corrected chi connectivity index (χ3v) is 4.02. The van der Waals surface area contributed by atoms with Crippen molar-refractivity contribution in [3.63, 3.8) is 0 Å². The Bertz CT molecular complexity index is 713. The van der Waals surface area contributed by atoms with Crippen molar-refractivity contribution < 1.29 is 18.0 Å². The molecule has 0 aliphatic carbocycles. The highest BCUT2D eigenvalue weighted by Crippen LogP contribution is 2.10. The van der Waals surface area contributed by atoms with E-state index in [-0.39, 0.29) is 12.6 Å². The summed E-state index contributed by atoms with van der Waals surface area (Å²) in [6.45, 7) is 1.49. The molecule has 8 nitrogen and oxygen atoms in total. The summed E-state index contributed by atoms with van der Waals surface area (Å²) in [5, 5.41) is 15.7. The van der Waals surface area contributed by atoms with E-state index in [2.05, 4.69) is 16.0 Å². The summed E-state index contributed by atoms with van der Waals surface area (Å²) in [5.74, 6) is -1.29. The van der Waals surface area contributed by atoms with E-state index in [1.165, 1.54) is 0 Å². The van der Waals surface area contributed by atoms with Gasteiger partial charge >= 0.3 is 6.03 Å². The maximum atomic E-state index is 12.0. The molecule has 24 heavy (non-hydrogen) atoms. The van der Waals surface area contributed by atoms with E-state index in [1.807, 2.05) is 30.3 Å². The smallest absolute Gasteiger partial charge is 0.315 e. The molecule has 0 fully saturated rings. The number of benzene rings is 1. The molecule has 9 heteroatoms. The second-order valence-corrected chi connectivity index (χ2v) is 7.46. The summed E-state index contributed by atoms with van der Waals surface area (Å²) in [5.41, 5.74) is 0.862. The molecule has 1 aromatic rings. The first kappa shape index (κ1) is 19.4. The van der Waals surface area contributed by atoms with Crippen LogP contribution < -0.4 is 16.0 Å². The maximum Gasteiger partial charge on any atom is 0.315 e. The number of nitrogens with zero attached hydrogens (tertiary/aromatic N) is 1. The van der Waals surface area contributed by atoms with Crippen molar-refractivity contribution in [2.24, 2.45) is 0 Å². The largest absolute Gasteiger partial charge is 0.341 e. The standard InChI is InChI=1S/C15H20N4O4S/c1-11(12-6-4-3-5-7-12)18-15(21)19-13(10-24(2,22)23)14(20)17-9-8-16/h3-7,11,13H,9-10H2,1-2H3,(H,17,20)(H2,18,19,21)/t11-,13?/m0/s1. The Balaban J connectivity index is 2.72. The molecular formula is C15H20N4O4S. The molecule has 0 radical (unpaired) electrons. The first-order chi connectivity index (χ1) is 11.2. The lowest BCUT2D eigenvalue weighted by Crippen LogP contribution is -2.53. The Morgan fingerprint density at radius 2 is 1.83 bits per heavy atom. The van der Waals surface area contributed by atoms with E-state index in [9.17, 15) is 18.0 Å². The van der Waals surface area contributed by atoms with Gasteiger partial charge in [0, 0.05) is 6.26 Å². The van der Waals surface area contributed by atoms with Crippen molar-refractivity contribution in [1.29, 1.82) is 5.26 Å². The molecule has 0 spiro atoms. The van der Waals surface area contributed by atoms with E-state index < -0.39 is 33.6 Å². The molecule has 0 aliphatic heterocycles. The van der Waals surface area contributed by atoms with Gasteiger partial charge in [-0.05, 0) is 12.5 Å². The Morgan fingerprint density at radius 1 is 1.21 bits per heavy atom. The van der Waals surface area contributed by atoms with Crippen molar-refractivity contribution in [1.82, 2.24) is 16.0 Å². The molecule has 3 N–H and O–H groups in total. The third-order valence-electron chi connectivity index (χ3n) is 3.08. The van der Waals surface area contributed by atoms with E-state index >= 15 is 0 Å². The van der Waals surface area contributed by atoms with Crippen LogP contribution in [0.4, 0.5) is 4.79 Å². The lowest BCUT2D eigenvalue weighted by Gasteiger charge is -2.20. The number of carbonyl (C=O) groups excluding carboxylic acids is 2. The average Bonchev–Trinajstić information content (AvgIpc) is 2.51. The number of nitriles is 1. The molecule has 0 aliphatic rings. The molecular weight excluding hydrogens is 332 g/mol. The van der Waals surface area contributed by atoms with Gasteiger partial charge in [-0.25, -0.2) is 13.2 Å². The fourth-order valence-corrected chi connectivity index (χ4v) is 2.80. The number of rotatable bonds is 7. The van der Waals surface area contributed by atoms with Crippen LogP contribution in [0.3, 0.4) is 0 Å². The van der Waals surface area contributed by atoms with E-state index in [0.29, 0.717) is 0 Å². The van der Waals surface area contributed by atoms with Gasteiger partial charge in [-0.2, -0.15) is 5.26 Å². The third kappa shape index (κ3) is 7.11. The van der Waals surface area contributed by atoms with Gasteiger partial charge in [0.1, 0.15) is 22.4 Å². The summed E-state index contributed by atoms with van der Waals surface area (Å²) >= 11 is 0. The van der Waals surface area contributed by atoms with Crippen LogP contribution in [0.2, 0.25) is 0 Å². The molecule has 1 rings (SSSR count). The molecule has 0 saturated heterocycles. The van der Waals surface area contributed by atoms with Gasteiger partial charge in [-0.15, -0.1) is 0 Å². The number of amides is 3. The summed E-state index contributed by atoms with van der Waals surface area (Å²) in [6, 6.07) is 8.59. The van der Waals surface area contributed by atoms with Gasteiger partial charge in [0.15, 0.2) is 0 Å². The molecule has 0 heterocycles. The van der Waals surface area contributed by atoms with Crippen molar-refractivity contribution in [3.05, 3.63) is 35.9 Å². The maximum absolute atomic E-state index is 12.0. The van der Waals surface area contributed by atoms with Crippen LogP contribution in [0.1, 0.15) is 18.5 Å². The second kappa shape index (κ2) is 8.88. The van der Waals surface area contributed by atoms with Gasteiger partial charge in [0.05, 0.1) is 17.9 Å². The zero-order valence-electron chi connectivity index (χ0n) is 13.4. The van der Waals surface area contributed by atoms with Crippen LogP contribution in [-0.2, 0) is 14.6 Å². The minimum Gasteiger partial charge on any atom is -0.341 e. The number of nitrogens with one attached hydrogen (secondary N) is 3. The van der Waals surface area contributed by atoms with Crippen LogP contribution in [0.25, 0.3) is 0 Å². The zero-order valence-corrected chi connectivity index (χ0v) is 14.3. The molecule has 130 valence electrons. The highest BCUT2D eigenvalue weighted by Gasteiger charge is 2.25. The summed E-state index contributed by atoms with van der Waals surface area (Å²) in [6.07, 6.45) is 0.962. The Hall–Kier alpha value is -2.60. The first-order valence-corrected chi connectivity index (χ1v) is 9.23. The van der Waals surface area contributed by atoms with Crippen LogP contribution in [-0.4, -0.2) is 45.0 Å². The van der Waals surface area contributed by atoms with Gasteiger partial charge in [0.25, 0.3) is 0 Å². The normalized spacial score (nSPS) is 13.2. The molecule has 3 amide bonds. The summed E-state index contributed by atoms with van der Waals surface area (Å²) in [7, 11) is -3.51. The number of hydrogen-bond donors (Lipinski definition) is 3. The van der Waals surface area contributed by atoms with Crippen molar-refractivity contribution >= 4 is 21.8 Å². The number of urea groups is 1. The minimum absolute atomic E-state index is 0.275. The van der Waals surface area contributed by atoms with Crippen LogP contribution >= 0.6 is 0 Å². The second-order valence-electron chi connectivity index (χ2n) is 5.27. The number of hydrogen-bond acceptors (Lipinski definition) is 5. The van der Waals surface area contributed by atoms with Crippen molar-refractivity contribution in [3.8, 4) is 6.07 Å². The fourth-order valence-electron chi connectivity index (χ4n) is 1.96. The number of sulfone groups is 1. The van der Waals surface area contributed by atoms with E-state index in [1.54, 1.807) is 13.0 Å². The topological polar surface area (TPSA) is 128 Å². The highest BCUT2D eigenvalue weighted by molar-refractivity contribution is 7.90. The average molecular weight is 352 g/mol. The van der Waals surface area contributed by atoms with Gasteiger partial charge in [0.2, 0.25) is 5.91 Å². The van der Waals surface area contributed by atoms with E-state index in [0.717, 1.165) is 11.8 Å². The lowest BCUT2D eigenvalue weighted by molar-refractivity contribution is -0.122.